The number of carbonyl (C=O) groups excluding carboxylic acids is 1. The third-order valence-corrected chi connectivity index (χ3v) is 3.35. The zero-order valence-corrected chi connectivity index (χ0v) is 10.5. The summed E-state index contributed by atoms with van der Waals surface area (Å²) >= 11 is 0.989. The molecule has 1 aromatic rings. The highest BCUT2D eigenvalue weighted by atomic mass is 32.1. The van der Waals surface area contributed by atoms with Crippen LogP contribution in [-0.2, 0) is 0 Å². The largest absolute Gasteiger partial charge is 0.388 e. The number of amides is 1. The van der Waals surface area contributed by atoms with E-state index >= 15 is 0 Å². The Balaban J connectivity index is 2.48. The van der Waals surface area contributed by atoms with Gasteiger partial charge in [-0.1, -0.05) is 20.3 Å². The fourth-order valence-corrected chi connectivity index (χ4v) is 1.64. The van der Waals surface area contributed by atoms with Gasteiger partial charge >= 0.3 is 0 Å². The van der Waals surface area contributed by atoms with Gasteiger partial charge in [0.25, 0.3) is 5.91 Å². The van der Waals surface area contributed by atoms with Crippen molar-refractivity contribution in [1.82, 2.24) is 14.1 Å². The van der Waals surface area contributed by atoms with Gasteiger partial charge in [-0.05, 0) is 12.8 Å². The average molecular weight is 243 g/mol. The van der Waals surface area contributed by atoms with Gasteiger partial charge < -0.3 is 10.4 Å². The number of rotatable bonds is 5. The SMILES string of the molecule is CCC(C)C(C)(O)CNC(=O)c1cnsn1. The second kappa shape index (κ2) is 5.36. The van der Waals surface area contributed by atoms with Crippen molar-refractivity contribution in [3.8, 4) is 0 Å². The van der Waals surface area contributed by atoms with E-state index in [0.717, 1.165) is 18.1 Å². The monoisotopic (exact) mass is 243 g/mol. The molecule has 16 heavy (non-hydrogen) atoms. The molecule has 0 aliphatic heterocycles. The molecule has 2 N–H and O–H groups in total. The molecule has 90 valence electrons. The Kier molecular flexibility index (Phi) is 4.37. The average Bonchev–Trinajstić information content (AvgIpc) is 2.78. The van der Waals surface area contributed by atoms with Gasteiger partial charge in [0.15, 0.2) is 5.69 Å². The number of nitrogens with zero attached hydrogens (tertiary/aromatic N) is 2. The molecule has 0 saturated heterocycles. The Bertz CT molecular complexity index is 338. The topological polar surface area (TPSA) is 75.1 Å². The van der Waals surface area contributed by atoms with Crippen LogP contribution in [0.4, 0.5) is 0 Å². The van der Waals surface area contributed by atoms with Gasteiger partial charge in [0.05, 0.1) is 23.5 Å². The van der Waals surface area contributed by atoms with Crippen LogP contribution in [0.2, 0.25) is 0 Å². The second-order valence-corrected chi connectivity index (χ2v) is 4.70. The predicted molar refractivity (Wildman–Crippen MR) is 62.3 cm³/mol. The maximum atomic E-state index is 11.5. The van der Waals surface area contributed by atoms with Crippen LogP contribution in [0.1, 0.15) is 37.7 Å². The molecule has 1 amide bonds. The van der Waals surface area contributed by atoms with Crippen LogP contribution in [0.5, 0.6) is 0 Å². The predicted octanol–water partition coefficient (Wildman–Crippen LogP) is 1.06. The fraction of sp³-hybridized carbons (Fsp3) is 0.700. The van der Waals surface area contributed by atoms with Gasteiger partial charge in [-0.2, -0.15) is 8.75 Å². The molecule has 1 aromatic heterocycles. The maximum Gasteiger partial charge on any atom is 0.272 e. The summed E-state index contributed by atoms with van der Waals surface area (Å²) in [5.41, 5.74) is -0.599. The molecule has 5 nitrogen and oxygen atoms in total. The molecule has 0 aliphatic rings. The van der Waals surface area contributed by atoms with E-state index in [1.54, 1.807) is 6.92 Å². The molecule has 0 aliphatic carbocycles. The minimum Gasteiger partial charge on any atom is -0.388 e. The van der Waals surface area contributed by atoms with Crippen molar-refractivity contribution in [3.05, 3.63) is 11.9 Å². The minimum atomic E-state index is -0.895. The minimum absolute atomic E-state index is 0.126. The van der Waals surface area contributed by atoms with Gasteiger partial charge in [-0.15, -0.1) is 0 Å². The molecule has 0 radical (unpaired) electrons. The van der Waals surface area contributed by atoms with E-state index in [-0.39, 0.29) is 18.4 Å². The van der Waals surface area contributed by atoms with Crippen molar-refractivity contribution in [1.29, 1.82) is 0 Å². The zero-order valence-electron chi connectivity index (χ0n) is 9.73. The molecule has 0 bridgehead atoms. The number of hydrogen-bond donors (Lipinski definition) is 2. The van der Waals surface area contributed by atoms with Crippen molar-refractivity contribution in [3.63, 3.8) is 0 Å². The summed E-state index contributed by atoms with van der Waals surface area (Å²) in [6.45, 7) is 5.90. The van der Waals surface area contributed by atoms with E-state index in [2.05, 4.69) is 14.1 Å². The van der Waals surface area contributed by atoms with Crippen LogP contribution in [-0.4, -0.2) is 31.9 Å². The second-order valence-electron chi connectivity index (χ2n) is 4.14. The Morgan fingerprint density at radius 3 is 2.94 bits per heavy atom. The first-order valence-electron chi connectivity index (χ1n) is 5.25. The normalized spacial score (nSPS) is 16.5. The van der Waals surface area contributed by atoms with E-state index in [0.29, 0.717) is 5.69 Å². The molecule has 0 spiro atoms. The molecule has 0 saturated carbocycles. The summed E-state index contributed by atoms with van der Waals surface area (Å²) < 4.78 is 7.56. The Hall–Kier alpha value is -1.01. The lowest BCUT2D eigenvalue weighted by molar-refractivity contribution is 0.00589. The van der Waals surface area contributed by atoms with Crippen molar-refractivity contribution in [2.45, 2.75) is 32.8 Å². The number of carbonyl (C=O) groups is 1. The van der Waals surface area contributed by atoms with E-state index in [9.17, 15) is 9.90 Å². The Morgan fingerprint density at radius 2 is 2.44 bits per heavy atom. The molecule has 1 heterocycles. The summed E-state index contributed by atoms with van der Waals surface area (Å²) in [4.78, 5) is 11.5. The Labute approximate surface area is 99.2 Å². The molecule has 0 aromatic carbocycles. The third kappa shape index (κ3) is 3.24. The van der Waals surface area contributed by atoms with Crippen molar-refractivity contribution < 1.29 is 9.90 Å². The molecule has 1 rings (SSSR count). The molecule has 2 unspecified atom stereocenters. The van der Waals surface area contributed by atoms with E-state index in [4.69, 9.17) is 0 Å². The summed E-state index contributed by atoms with van der Waals surface area (Å²) in [7, 11) is 0. The highest BCUT2D eigenvalue weighted by Gasteiger charge is 2.27. The maximum absolute atomic E-state index is 11.5. The van der Waals surface area contributed by atoms with Gasteiger partial charge in [0.2, 0.25) is 0 Å². The lowest BCUT2D eigenvalue weighted by Crippen LogP contribution is -2.45. The van der Waals surface area contributed by atoms with Gasteiger partial charge in [0.1, 0.15) is 0 Å². The summed E-state index contributed by atoms with van der Waals surface area (Å²) in [5.74, 6) is -0.168. The highest BCUT2D eigenvalue weighted by Crippen LogP contribution is 2.18. The van der Waals surface area contributed by atoms with Crippen LogP contribution < -0.4 is 5.32 Å². The third-order valence-electron chi connectivity index (χ3n) is 2.87. The lowest BCUT2D eigenvalue weighted by atomic mass is 9.88. The molecule has 0 fully saturated rings. The number of aromatic nitrogens is 2. The molecular weight excluding hydrogens is 226 g/mol. The van der Waals surface area contributed by atoms with Crippen LogP contribution in [0, 0.1) is 5.92 Å². The first kappa shape index (κ1) is 13.1. The van der Waals surface area contributed by atoms with Gasteiger partial charge in [0, 0.05) is 6.54 Å². The number of hydrogen-bond acceptors (Lipinski definition) is 5. The summed E-state index contributed by atoms with van der Waals surface area (Å²) in [6.07, 6.45) is 2.28. The standard InChI is InChI=1S/C10H17N3O2S/c1-4-7(2)10(3,15)6-11-9(14)8-5-12-16-13-8/h5,7,15H,4,6H2,1-3H3,(H,11,14). The van der Waals surface area contributed by atoms with E-state index < -0.39 is 5.60 Å². The fourth-order valence-electron chi connectivity index (χ4n) is 1.23. The van der Waals surface area contributed by atoms with E-state index in [1.807, 2.05) is 13.8 Å². The van der Waals surface area contributed by atoms with Crippen LogP contribution in [0.15, 0.2) is 6.20 Å². The van der Waals surface area contributed by atoms with Crippen LogP contribution >= 0.6 is 11.7 Å². The van der Waals surface area contributed by atoms with Crippen molar-refractivity contribution >= 4 is 17.6 Å². The molecule has 6 heteroatoms. The smallest absolute Gasteiger partial charge is 0.272 e. The zero-order chi connectivity index (χ0) is 12.2. The first-order valence-corrected chi connectivity index (χ1v) is 5.98. The number of aliphatic hydroxyl groups is 1. The Morgan fingerprint density at radius 1 is 1.75 bits per heavy atom. The van der Waals surface area contributed by atoms with Crippen LogP contribution in [0.3, 0.4) is 0 Å². The number of nitrogens with one attached hydrogen (secondary N) is 1. The van der Waals surface area contributed by atoms with Gasteiger partial charge in [-0.25, -0.2) is 0 Å². The lowest BCUT2D eigenvalue weighted by Gasteiger charge is -2.29. The van der Waals surface area contributed by atoms with Crippen molar-refractivity contribution in [2.24, 2.45) is 5.92 Å². The van der Waals surface area contributed by atoms with Gasteiger partial charge in [-0.3, -0.25) is 4.79 Å². The van der Waals surface area contributed by atoms with E-state index in [1.165, 1.54) is 6.20 Å². The first-order chi connectivity index (χ1) is 7.47. The highest BCUT2D eigenvalue weighted by molar-refractivity contribution is 6.99. The molecule has 2 atom stereocenters. The molecular formula is C10H17N3O2S. The summed E-state index contributed by atoms with van der Waals surface area (Å²) in [6, 6.07) is 0. The van der Waals surface area contributed by atoms with Crippen LogP contribution in [0.25, 0.3) is 0 Å². The summed E-state index contributed by atoms with van der Waals surface area (Å²) in [5, 5.41) is 12.7. The quantitative estimate of drug-likeness (QED) is 0.811. The van der Waals surface area contributed by atoms with Crippen molar-refractivity contribution in [2.75, 3.05) is 6.54 Å².